The van der Waals surface area contributed by atoms with Crippen molar-refractivity contribution in [2.24, 2.45) is 0 Å². The Labute approximate surface area is 302 Å². The van der Waals surface area contributed by atoms with Gasteiger partial charge in [-0.1, -0.05) is 158 Å². The number of furan rings is 1. The van der Waals surface area contributed by atoms with E-state index in [9.17, 15) is 0 Å². The smallest absolute Gasteiger partial charge is 0.160 e. The molecule has 0 fully saturated rings. The molecule has 0 spiro atoms. The van der Waals surface area contributed by atoms with Crippen molar-refractivity contribution in [2.75, 3.05) is 0 Å². The molecule has 52 heavy (non-hydrogen) atoms. The van der Waals surface area contributed by atoms with Gasteiger partial charge in [-0.2, -0.15) is 0 Å². The molecule has 0 aliphatic rings. The molecular weight excluding hydrogens is 633 g/mol. The fourth-order valence-corrected chi connectivity index (χ4v) is 7.20. The van der Waals surface area contributed by atoms with Crippen molar-refractivity contribution in [3.05, 3.63) is 188 Å². The van der Waals surface area contributed by atoms with Gasteiger partial charge in [-0.05, 0) is 64.0 Å². The molecule has 246 valence electrons. The molecule has 0 saturated heterocycles. The molecule has 0 unspecified atom stereocenters. The van der Waals surface area contributed by atoms with Gasteiger partial charge >= 0.3 is 0 Å². The number of fused-ring (bicyclic) bond motifs is 6. The highest BCUT2D eigenvalue weighted by molar-refractivity contribution is 6.21. The van der Waals surface area contributed by atoms with Crippen molar-refractivity contribution in [3.63, 3.8) is 0 Å². The zero-order chi connectivity index (χ0) is 35.0. The molecule has 0 bridgehead atoms. The van der Waals surface area contributed by atoms with Gasteiger partial charge in [0.15, 0.2) is 5.82 Å². The van der Waals surface area contributed by atoms with E-state index >= 15 is 0 Å². The van der Waals surface area contributed by atoms with E-state index in [2.05, 4.69) is 140 Å². The summed E-state index contributed by atoms with van der Waals surface area (Å²) in [4.78, 5) is 10.3. The van der Waals surface area contributed by atoms with Crippen molar-refractivity contribution in [2.45, 2.75) is 6.92 Å². The fourth-order valence-electron chi connectivity index (χ4n) is 7.20. The van der Waals surface area contributed by atoms with Crippen LogP contribution < -0.4 is 0 Å². The van der Waals surface area contributed by atoms with Crippen molar-refractivity contribution in [1.29, 1.82) is 0 Å². The van der Waals surface area contributed by atoms with Crippen LogP contribution in [-0.2, 0) is 0 Å². The summed E-state index contributed by atoms with van der Waals surface area (Å²) in [5.41, 5.74) is 10.8. The molecule has 2 heterocycles. The van der Waals surface area contributed by atoms with Gasteiger partial charge in [0.25, 0.3) is 0 Å². The summed E-state index contributed by atoms with van der Waals surface area (Å²) < 4.78 is 6.97. The van der Waals surface area contributed by atoms with Crippen LogP contribution in [0.4, 0.5) is 0 Å². The van der Waals surface area contributed by atoms with Crippen LogP contribution in [0.5, 0.6) is 0 Å². The van der Waals surface area contributed by atoms with Gasteiger partial charge < -0.3 is 4.42 Å². The Morgan fingerprint density at radius 1 is 0.538 bits per heavy atom. The Morgan fingerprint density at radius 2 is 1.21 bits per heavy atom. The Kier molecular flexibility index (Phi) is 7.87. The van der Waals surface area contributed by atoms with Crippen LogP contribution in [0.3, 0.4) is 0 Å². The first-order valence-corrected chi connectivity index (χ1v) is 17.6. The Bertz CT molecular complexity index is 2860. The van der Waals surface area contributed by atoms with Gasteiger partial charge in [-0.25, -0.2) is 9.97 Å². The van der Waals surface area contributed by atoms with E-state index in [1.165, 1.54) is 21.9 Å². The third kappa shape index (κ3) is 5.49. The van der Waals surface area contributed by atoms with Crippen LogP contribution in [-0.4, -0.2) is 9.97 Å². The number of hydrogen-bond acceptors (Lipinski definition) is 3. The maximum atomic E-state index is 6.97. The average molecular weight is 667 g/mol. The SMILES string of the molecule is C=C/C=C\C(=C/C)c1nc(-c2ccccc2)cc(-c2ccc(-c3ccc(-c4ccc5ccccc5c4)cc3)c3oc4c5ccccc5ccc4c23)n1. The lowest BCUT2D eigenvalue weighted by molar-refractivity contribution is 0.674. The molecule has 0 N–H and O–H groups in total. The average Bonchev–Trinajstić information content (AvgIpc) is 3.61. The zero-order valence-corrected chi connectivity index (χ0v) is 28.8. The first-order chi connectivity index (χ1) is 25.7. The maximum absolute atomic E-state index is 6.97. The standard InChI is InChI=1S/C49H34N2O/c1-3-5-13-32(4-2)49-50-44(37-16-7-6-8-17-37)31-45(51-49)42-29-28-41(48-46(42)43-27-26-35-15-11-12-19-40(35)47(43)52-48)36-23-20-34(21-24-36)39-25-22-33-14-9-10-18-38(33)30-39/h3-31H,1H2,2H3/b13-5-,32-4+. The van der Waals surface area contributed by atoms with Crippen molar-refractivity contribution < 1.29 is 4.42 Å². The van der Waals surface area contributed by atoms with E-state index in [0.29, 0.717) is 5.82 Å². The molecule has 7 aromatic carbocycles. The molecule has 0 radical (unpaired) electrons. The highest BCUT2D eigenvalue weighted by atomic mass is 16.3. The number of nitrogens with zero attached hydrogens (tertiary/aromatic N) is 2. The topological polar surface area (TPSA) is 38.9 Å². The molecule has 0 amide bonds. The van der Waals surface area contributed by atoms with Crippen LogP contribution in [0.2, 0.25) is 0 Å². The first kappa shape index (κ1) is 31.2. The lowest BCUT2D eigenvalue weighted by atomic mass is 9.94. The second-order valence-electron chi connectivity index (χ2n) is 12.9. The van der Waals surface area contributed by atoms with Crippen molar-refractivity contribution >= 4 is 49.1 Å². The molecule has 0 atom stereocenters. The Hall–Kier alpha value is -6.84. The third-order valence-corrected chi connectivity index (χ3v) is 9.84. The lowest BCUT2D eigenvalue weighted by Crippen LogP contribution is -1.99. The predicted molar refractivity (Wildman–Crippen MR) is 219 cm³/mol. The summed E-state index contributed by atoms with van der Waals surface area (Å²) >= 11 is 0. The molecule has 3 heteroatoms. The quantitative estimate of drug-likeness (QED) is 0.159. The maximum Gasteiger partial charge on any atom is 0.160 e. The molecule has 0 saturated carbocycles. The minimum absolute atomic E-state index is 0.650. The van der Waals surface area contributed by atoms with E-state index in [-0.39, 0.29) is 0 Å². The zero-order valence-electron chi connectivity index (χ0n) is 28.8. The minimum Gasteiger partial charge on any atom is -0.455 e. The lowest BCUT2D eigenvalue weighted by Gasteiger charge is -2.12. The van der Waals surface area contributed by atoms with E-state index in [0.717, 1.165) is 71.9 Å². The molecule has 0 aliphatic heterocycles. The first-order valence-electron chi connectivity index (χ1n) is 17.6. The summed E-state index contributed by atoms with van der Waals surface area (Å²) in [6, 6.07) is 53.4. The summed E-state index contributed by atoms with van der Waals surface area (Å²) in [6.45, 7) is 5.88. The summed E-state index contributed by atoms with van der Waals surface area (Å²) in [5, 5.41) is 6.78. The Morgan fingerprint density at radius 3 is 2.02 bits per heavy atom. The normalized spacial score (nSPS) is 12.1. The number of hydrogen-bond donors (Lipinski definition) is 0. The van der Waals surface area contributed by atoms with Gasteiger partial charge in [0.1, 0.15) is 11.2 Å². The van der Waals surface area contributed by atoms with E-state index in [1.807, 2.05) is 43.4 Å². The molecular formula is C49H34N2O. The number of benzene rings is 7. The van der Waals surface area contributed by atoms with Crippen LogP contribution in [0.15, 0.2) is 187 Å². The van der Waals surface area contributed by atoms with Crippen LogP contribution in [0.1, 0.15) is 12.7 Å². The molecule has 3 nitrogen and oxygen atoms in total. The van der Waals surface area contributed by atoms with E-state index in [4.69, 9.17) is 14.4 Å². The second-order valence-corrected chi connectivity index (χ2v) is 12.9. The highest BCUT2D eigenvalue weighted by Crippen LogP contribution is 2.44. The number of aromatic nitrogens is 2. The summed E-state index contributed by atoms with van der Waals surface area (Å²) in [7, 11) is 0. The molecule has 0 aliphatic carbocycles. The van der Waals surface area contributed by atoms with Crippen molar-refractivity contribution in [1.82, 2.24) is 9.97 Å². The minimum atomic E-state index is 0.650. The van der Waals surface area contributed by atoms with Crippen molar-refractivity contribution in [3.8, 4) is 44.8 Å². The number of rotatable bonds is 7. The highest BCUT2D eigenvalue weighted by Gasteiger charge is 2.21. The van der Waals surface area contributed by atoms with Gasteiger partial charge in [-0.15, -0.1) is 0 Å². The van der Waals surface area contributed by atoms with Gasteiger partial charge in [0.05, 0.1) is 11.4 Å². The molecule has 2 aromatic heterocycles. The molecule has 9 aromatic rings. The third-order valence-electron chi connectivity index (χ3n) is 9.84. The largest absolute Gasteiger partial charge is 0.455 e. The van der Waals surface area contributed by atoms with Crippen LogP contribution in [0, 0.1) is 0 Å². The van der Waals surface area contributed by atoms with Crippen LogP contribution in [0.25, 0.3) is 93.8 Å². The summed E-state index contributed by atoms with van der Waals surface area (Å²) in [5.74, 6) is 0.650. The van der Waals surface area contributed by atoms with Crippen LogP contribution >= 0.6 is 0 Å². The predicted octanol–water partition coefficient (Wildman–Crippen LogP) is 13.5. The fraction of sp³-hybridized carbons (Fsp3) is 0.0204. The number of allylic oxidation sites excluding steroid dienone is 5. The molecule has 9 rings (SSSR count). The van der Waals surface area contributed by atoms with Gasteiger partial charge in [0.2, 0.25) is 0 Å². The van der Waals surface area contributed by atoms with E-state index < -0.39 is 0 Å². The van der Waals surface area contributed by atoms with E-state index in [1.54, 1.807) is 6.08 Å². The van der Waals surface area contributed by atoms with Gasteiger partial charge in [-0.3, -0.25) is 0 Å². The Balaban J connectivity index is 1.26. The monoisotopic (exact) mass is 666 g/mol. The second kappa shape index (κ2) is 13.1. The van der Waals surface area contributed by atoms with Gasteiger partial charge in [0, 0.05) is 38.4 Å². The summed E-state index contributed by atoms with van der Waals surface area (Å²) in [6.07, 6.45) is 7.72.